The second-order valence-corrected chi connectivity index (χ2v) is 4.45. The first kappa shape index (κ1) is 11.9. The van der Waals surface area contributed by atoms with Gasteiger partial charge in [0, 0.05) is 24.5 Å². The maximum absolute atomic E-state index is 5.19. The maximum Gasteiger partial charge on any atom is 0.227 e. The van der Waals surface area contributed by atoms with Crippen LogP contribution in [0.15, 0.2) is 30.5 Å². The van der Waals surface area contributed by atoms with Gasteiger partial charge in [0.1, 0.15) is 5.75 Å². The molecule has 0 unspecified atom stereocenters. The first-order valence-corrected chi connectivity index (χ1v) is 6.32. The van der Waals surface area contributed by atoms with E-state index in [0.29, 0.717) is 5.95 Å². The molecule has 1 aliphatic heterocycles. The van der Waals surface area contributed by atoms with E-state index < -0.39 is 0 Å². The van der Waals surface area contributed by atoms with Crippen LogP contribution in [0.5, 0.6) is 5.75 Å². The molecule has 0 radical (unpaired) electrons. The summed E-state index contributed by atoms with van der Waals surface area (Å²) < 4.78 is 5.19. The monoisotopic (exact) mass is 256 g/mol. The first-order valence-electron chi connectivity index (χ1n) is 6.32. The summed E-state index contributed by atoms with van der Waals surface area (Å²) in [6.45, 7) is 1.81. The fourth-order valence-electron chi connectivity index (χ4n) is 2.12. The molecule has 0 atom stereocenters. The second kappa shape index (κ2) is 5.24. The van der Waals surface area contributed by atoms with E-state index in [1.807, 2.05) is 30.5 Å². The minimum absolute atomic E-state index is 0.621. The second-order valence-electron chi connectivity index (χ2n) is 4.45. The van der Waals surface area contributed by atoms with E-state index in [2.05, 4.69) is 20.6 Å². The first-order chi connectivity index (χ1) is 9.35. The van der Waals surface area contributed by atoms with Gasteiger partial charge >= 0.3 is 0 Å². The number of nitrogens with one attached hydrogen (secondary N) is 2. The summed E-state index contributed by atoms with van der Waals surface area (Å²) in [5.41, 5.74) is 3.23. The summed E-state index contributed by atoms with van der Waals surface area (Å²) in [6.07, 6.45) is 2.90. The summed E-state index contributed by atoms with van der Waals surface area (Å²) in [4.78, 5) is 8.89. The molecule has 2 aromatic rings. The maximum atomic E-state index is 5.19. The van der Waals surface area contributed by atoms with Crippen LogP contribution >= 0.6 is 0 Å². The van der Waals surface area contributed by atoms with E-state index in [0.717, 1.165) is 36.6 Å². The van der Waals surface area contributed by atoms with Gasteiger partial charge < -0.3 is 15.4 Å². The number of nitrogens with zero attached hydrogens (tertiary/aromatic N) is 2. The highest BCUT2D eigenvalue weighted by Gasteiger charge is 2.11. The number of benzene rings is 1. The quantitative estimate of drug-likeness (QED) is 0.878. The van der Waals surface area contributed by atoms with Crippen molar-refractivity contribution in [3.05, 3.63) is 41.7 Å². The van der Waals surface area contributed by atoms with Crippen LogP contribution in [0.2, 0.25) is 0 Å². The average molecular weight is 256 g/mol. The van der Waals surface area contributed by atoms with E-state index in [4.69, 9.17) is 4.74 Å². The zero-order chi connectivity index (χ0) is 13.1. The Balaban J connectivity index is 1.82. The van der Waals surface area contributed by atoms with E-state index in [9.17, 15) is 0 Å². The van der Waals surface area contributed by atoms with Crippen LogP contribution in [0.3, 0.4) is 0 Å². The Morgan fingerprint density at radius 1 is 1.37 bits per heavy atom. The molecule has 0 saturated carbocycles. The normalized spacial score (nSPS) is 13.7. The lowest BCUT2D eigenvalue weighted by molar-refractivity contribution is 0.415. The van der Waals surface area contributed by atoms with Crippen LogP contribution in [0.4, 0.5) is 11.6 Å². The van der Waals surface area contributed by atoms with Crippen molar-refractivity contribution in [2.24, 2.45) is 0 Å². The van der Waals surface area contributed by atoms with Crippen molar-refractivity contribution in [3.8, 4) is 5.75 Å². The van der Waals surface area contributed by atoms with Crippen LogP contribution < -0.4 is 15.4 Å². The number of aromatic nitrogens is 2. The van der Waals surface area contributed by atoms with Crippen molar-refractivity contribution in [2.45, 2.75) is 13.0 Å². The Kier molecular flexibility index (Phi) is 3.29. The lowest BCUT2D eigenvalue weighted by atomic mass is 10.1. The van der Waals surface area contributed by atoms with Crippen LogP contribution in [0.25, 0.3) is 0 Å². The van der Waals surface area contributed by atoms with Gasteiger partial charge in [-0.15, -0.1) is 0 Å². The van der Waals surface area contributed by atoms with Gasteiger partial charge in [-0.25, -0.2) is 9.97 Å². The van der Waals surface area contributed by atoms with E-state index >= 15 is 0 Å². The molecule has 1 aliphatic rings. The zero-order valence-corrected chi connectivity index (χ0v) is 10.8. The number of hydrogen-bond acceptors (Lipinski definition) is 5. The number of ether oxygens (including phenoxy) is 1. The van der Waals surface area contributed by atoms with Gasteiger partial charge in [0.15, 0.2) is 0 Å². The molecule has 0 aliphatic carbocycles. The molecule has 5 heteroatoms. The number of anilines is 2. The molecule has 2 N–H and O–H groups in total. The average Bonchev–Trinajstić information content (AvgIpc) is 2.47. The van der Waals surface area contributed by atoms with Gasteiger partial charge in [-0.05, 0) is 30.7 Å². The highest BCUT2D eigenvalue weighted by Crippen LogP contribution is 2.20. The van der Waals surface area contributed by atoms with Gasteiger partial charge in [-0.2, -0.15) is 0 Å². The highest BCUT2D eigenvalue weighted by molar-refractivity contribution is 5.56. The summed E-state index contributed by atoms with van der Waals surface area (Å²) in [6, 6.07) is 7.72. The number of rotatable bonds is 3. The van der Waals surface area contributed by atoms with Crippen LogP contribution in [-0.4, -0.2) is 23.6 Å². The van der Waals surface area contributed by atoms with Crippen molar-refractivity contribution < 1.29 is 4.74 Å². The van der Waals surface area contributed by atoms with Gasteiger partial charge in [0.2, 0.25) is 5.95 Å². The SMILES string of the molecule is COc1cccc(Nc2ncc3c(n2)CNCC3)c1. The molecule has 0 amide bonds. The lowest BCUT2D eigenvalue weighted by Crippen LogP contribution is -2.25. The van der Waals surface area contributed by atoms with Crippen LogP contribution in [0, 0.1) is 0 Å². The van der Waals surface area contributed by atoms with Crippen molar-refractivity contribution in [1.82, 2.24) is 15.3 Å². The zero-order valence-electron chi connectivity index (χ0n) is 10.8. The van der Waals surface area contributed by atoms with E-state index in [1.165, 1.54) is 5.56 Å². The Morgan fingerprint density at radius 2 is 2.32 bits per heavy atom. The molecule has 2 heterocycles. The standard InChI is InChI=1S/C14H16N4O/c1-19-12-4-2-3-11(7-12)17-14-16-8-10-5-6-15-9-13(10)18-14/h2-4,7-8,15H,5-6,9H2,1H3,(H,16,17,18). The third-order valence-electron chi connectivity index (χ3n) is 3.14. The molecular weight excluding hydrogens is 240 g/mol. The Morgan fingerprint density at radius 3 is 3.21 bits per heavy atom. The molecule has 5 nitrogen and oxygen atoms in total. The number of hydrogen-bond donors (Lipinski definition) is 2. The molecule has 0 spiro atoms. The largest absolute Gasteiger partial charge is 0.497 e. The predicted octanol–water partition coefficient (Wildman–Crippen LogP) is 1.87. The van der Waals surface area contributed by atoms with E-state index in [-0.39, 0.29) is 0 Å². The van der Waals surface area contributed by atoms with Crippen molar-refractivity contribution in [3.63, 3.8) is 0 Å². The molecule has 1 aromatic carbocycles. The summed E-state index contributed by atoms with van der Waals surface area (Å²) in [5, 5.41) is 6.51. The molecule has 19 heavy (non-hydrogen) atoms. The number of methoxy groups -OCH3 is 1. The molecular formula is C14H16N4O. The van der Waals surface area contributed by atoms with Crippen molar-refractivity contribution >= 4 is 11.6 Å². The summed E-state index contributed by atoms with van der Waals surface area (Å²) >= 11 is 0. The molecule has 0 fully saturated rings. The van der Waals surface area contributed by atoms with Crippen LogP contribution in [-0.2, 0) is 13.0 Å². The molecule has 1 aromatic heterocycles. The lowest BCUT2D eigenvalue weighted by Gasteiger charge is -2.16. The van der Waals surface area contributed by atoms with Crippen molar-refractivity contribution in [2.75, 3.05) is 19.0 Å². The predicted molar refractivity (Wildman–Crippen MR) is 73.7 cm³/mol. The third kappa shape index (κ3) is 2.66. The Bertz CT molecular complexity index is 585. The van der Waals surface area contributed by atoms with Crippen molar-refractivity contribution in [1.29, 1.82) is 0 Å². The fraction of sp³-hybridized carbons (Fsp3) is 0.286. The summed E-state index contributed by atoms with van der Waals surface area (Å²) in [5.74, 6) is 1.43. The minimum Gasteiger partial charge on any atom is -0.497 e. The van der Waals surface area contributed by atoms with Gasteiger partial charge in [-0.1, -0.05) is 6.07 Å². The van der Waals surface area contributed by atoms with Crippen LogP contribution in [0.1, 0.15) is 11.3 Å². The number of fused-ring (bicyclic) bond motifs is 1. The summed E-state index contributed by atoms with van der Waals surface area (Å²) in [7, 11) is 1.65. The highest BCUT2D eigenvalue weighted by atomic mass is 16.5. The molecule has 0 saturated heterocycles. The van der Waals surface area contributed by atoms with Gasteiger partial charge in [0.25, 0.3) is 0 Å². The van der Waals surface area contributed by atoms with E-state index in [1.54, 1.807) is 7.11 Å². The minimum atomic E-state index is 0.621. The Labute approximate surface area is 112 Å². The topological polar surface area (TPSA) is 59.1 Å². The van der Waals surface area contributed by atoms with Gasteiger partial charge in [0.05, 0.1) is 12.8 Å². The fourth-order valence-corrected chi connectivity index (χ4v) is 2.12. The third-order valence-corrected chi connectivity index (χ3v) is 3.14. The Hall–Kier alpha value is -2.14. The van der Waals surface area contributed by atoms with Gasteiger partial charge in [-0.3, -0.25) is 0 Å². The molecule has 0 bridgehead atoms. The smallest absolute Gasteiger partial charge is 0.227 e. The molecule has 3 rings (SSSR count). The molecule has 98 valence electrons.